The molecule has 2 heterocycles. The number of rotatable bonds is 5. The molecule has 1 amide bonds. The third kappa shape index (κ3) is 5.28. The third-order valence-electron chi connectivity index (χ3n) is 9.84. The van der Waals surface area contributed by atoms with E-state index in [1.807, 2.05) is 49.9 Å². The number of carbonyl (C=O) groups is 1. The van der Waals surface area contributed by atoms with E-state index in [0.29, 0.717) is 11.5 Å². The first-order chi connectivity index (χ1) is 21.2. The van der Waals surface area contributed by atoms with E-state index in [-0.39, 0.29) is 35.8 Å². The number of ether oxygens (including phenoxy) is 1. The Balaban J connectivity index is 1.15. The van der Waals surface area contributed by atoms with Crippen molar-refractivity contribution in [1.82, 2.24) is 14.9 Å². The molecule has 2 aromatic carbocycles. The maximum atomic E-state index is 13.3. The number of nitrogens with one attached hydrogen (secondary N) is 1. The van der Waals surface area contributed by atoms with Gasteiger partial charge in [0.1, 0.15) is 17.2 Å². The Kier molecular flexibility index (Phi) is 7.03. The Labute approximate surface area is 260 Å². The summed E-state index contributed by atoms with van der Waals surface area (Å²) in [5.74, 6) is 1.05. The number of imidazole rings is 1. The molecule has 1 aliphatic heterocycles. The van der Waals surface area contributed by atoms with Gasteiger partial charge in [-0.15, -0.1) is 0 Å². The van der Waals surface area contributed by atoms with Crippen LogP contribution in [0, 0.1) is 5.92 Å². The first-order valence-electron chi connectivity index (χ1n) is 15.5. The standard InChI is InChI=1S/C33H36F3N3O5S/c1-32(2,3)43-31(40)39-25-6-4-5-20(25)16-26(39)30-37-17-24(38-30)19-9-7-18(8-10-19)23-13-14-27(44-45(41,42)33(34,35)36)29-22-12-11-21(15-22)28(23)29/h7-10,13-14,17,20-22,25-26H,4-6,11-12,15-16H2,1-3H3,(H,37,38)/t20-,21?,22?,25-,26-/m0/s1. The zero-order chi connectivity index (χ0) is 31.9. The highest BCUT2D eigenvalue weighted by molar-refractivity contribution is 7.88. The molecule has 2 bridgehead atoms. The minimum Gasteiger partial charge on any atom is -0.444 e. The Morgan fingerprint density at radius 2 is 1.62 bits per heavy atom. The van der Waals surface area contributed by atoms with Gasteiger partial charge in [-0.2, -0.15) is 21.6 Å². The number of nitrogens with zero attached hydrogens (tertiary/aromatic N) is 2. The third-order valence-corrected chi connectivity index (χ3v) is 10.8. The van der Waals surface area contributed by atoms with Crippen molar-refractivity contribution in [2.75, 3.05) is 0 Å². The van der Waals surface area contributed by atoms with E-state index in [0.717, 1.165) is 78.7 Å². The van der Waals surface area contributed by atoms with Crippen molar-refractivity contribution in [2.24, 2.45) is 5.92 Å². The monoisotopic (exact) mass is 643 g/mol. The largest absolute Gasteiger partial charge is 0.534 e. The molecule has 2 unspecified atom stereocenters. The fraction of sp³-hybridized carbons (Fsp3) is 0.515. The molecule has 2 saturated carbocycles. The molecule has 3 aromatic rings. The summed E-state index contributed by atoms with van der Waals surface area (Å²) in [5, 5.41) is 0. The number of aromatic amines is 1. The van der Waals surface area contributed by atoms with Crippen molar-refractivity contribution in [1.29, 1.82) is 0 Å². The Bertz CT molecular complexity index is 1750. The number of likely N-dealkylation sites (tertiary alicyclic amines) is 1. The lowest BCUT2D eigenvalue weighted by atomic mass is 9.85. The number of carbonyl (C=O) groups excluding carboxylic acids is 1. The molecule has 1 N–H and O–H groups in total. The van der Waals surface area contributed by atoms with Gasteiger partial charge in [-0.3, -0.25) is 4.90 Å². The molecule has 3 aliphatic carbocycles. The molecule has 1 saturated heterocycles. The van der Waals surface area contributed by atoms with Crippen molar-refractivity contribution in [3.63, 3.8) is 0 Å². The van der Waals surface area contributed by atoms with Gasteiger partial charge in [0.15, 0.2) is 0 Å². The average molecular weight is 644 g/mol. The number of H-pyrrole nitrogens is 1. The van der Waals surface area contributed by atoms with Crippen LogP contribution in [0.1, 0.15) is 101 Å². The average Bonchev–Trinajstić information content (AvgIpc) is 3.78. The molecule has 0 spiro atoms. The van der Waals surface area contributed by atoms with Crippen LogP contribution < -0.4 is 4.18 Å². The SMILES string of the molecule is CC(C)(C)OC(=O)N1[C@H](c2ncc(-c3ccc(-c4ccc(OS(=O)(=O)C(F)(F)F)c5c4C4CCC5C4)cc3)[nH]2)C[C@@H]2CCC[C@@H]21. The van der Waals surface area contributed by atoms with Gasteiger partial charge >= 0.3 is 21.7 Å². The van der Waals surface area contributed by atoms with Gasteiger partial charge in [0.05, 0.1) is 17.9 Å². The van der Waals surface area contributed by atoms with E-state index in [1.54, 1.807) is 12.3 Å². The molecule has 12 heteroatoms. The first kappa shape index (κ1) is 30.1. The second kappa shape index (κ2) is 10.5. The summed E-state index contributed by atoms with van der Waals surface area (Å²) in [6.45, 7) is 5.61. The zero-order valence-corrected chi connectivity index (χ0v) is 26.2. The van der Waals surface area contributed by atoms with Crippen LogP contribution in [0.25, 0.3) is 22.4 Å². The second-order valence-corrected chi connectivity index (χ2v) is 15.3. The predicted octanol–water partition coefficient (Wildman–Crippen LogP) is 8.19. The van der Waals surface area contributed by atoms with Crippen molar-refractivity contribution >= 4 is 16.2 Å². The maximum absolute atomic E-state index is 13.3. The Morgan fingerprint density at radius 3 is 2.31 bits per heavy atom. The fourth-order valence-corrected chi connectivity index (χ4v) is 8.54. The molecule has 45 heavy (non-hydrogen) atoms. The summed E-state index contributed by atoms with van der Waals surface area (Å²) in [4.78, 5) is 23.3. The van der Waals surface area contributed by atoms with E-state index in [4.69, 9.17) is 9.72 Å². The summed E-state index contributed by atoms with van der Waals surface area (Å²) < 4.78 is 73.3. The van der Waals surface area contributed by atoms with Gasteiger partial charge in [0.2, 0.25) is 0 Å². The number of halogens is 3. The molecule has 0 radical (unpaired) electrons. The van der Waals surface area contributed by atoms with E-state index >= 15 is 0 Å². The highest BCUT2D eigenvalue weighted by Gasteiger charge is 2.51. The smallest absolute Gasteiger partial charge is 0.444 e. The molecule has 5 atom stereocenters. The van der Waals surface area contributed by atoms with Crippen molar-refractivity contribution < 1.29 is 35.3 Å². The molecule has 4 aliphatic rings. The van der Waals surface area contributed by atoms with E-state index < -0.39 is 21.2 Å². The Morgan fingerprint density at radius 1 is 0.933 bits per heavy atom. The number of hydrogen-bond acceptors (Lipinski definition) is 6. The molecule has 7 rings (SSSR count). The highest BCUT2D eigenvalue weighted by Crippen LogP contribution is 2.59. The summed E-state index contributed by atoms with van der Waals surface area (Å²) in [6.07, 6.45) is 7.92. The van der Waals surface area contributed by atoms with Crippen LogP contribution in [0.15, 0.2) is 42.6 Å². The highest BCUT2D eigenvalue weighted by atomic mass is 32.2. The van der Waals surface area contributed by atoms with Gasteiger partial charge in [0, 0.05) is 11.6 Å². The van der Waals surface area contributed by atoms with Crippen LogP contribution in [-0.4, -0.2) is 46.5 Å². The summed E-state index contributed by atoms with van der Waals surface area (Å²) in [5.41, 5.74) is -1.17. The van der Waals surface area contributed by atoms with E-state index in [2.05, 4.69) is 9.17 Å². The number of aromatic nitrogens is 2. The zero-order valence-electron chi connectivity index (χ0n) is 25.4. The minimum atomic E-state index is -5.77. The van der Waals surface area contributed by atoms with Gasteiger partial charge in [-0.1, -0.05) is 36.8 Å². The van der Waals surface area contributed by atoms with Crippen LogP contribution in [0.5, 0.6) is 5.75 Å². The molecule has 1 aromatic heterocycles. The quantitative estimate of drug-likeness (QED) is 0.222. The number of hydrogen-bond donors (Lipinski definition) is 1. The van der Waals surface area contributed by atoms with Crippen LogP contribution in [0.3, 0.4) is 0 Å². The fourth-order valence-electron chi connectivity index (χ4n) is 8.07. The van der Waals surface area contributed by atoms with Crippen LogP contribution >= 0.6 is 0 Å². The second-order valence-electron chi connectivity index (χ2n) is 13.8. The maximum Gasteiger partial charge on any atom is 0.534 e. The Hall–Kier alpha value is -3.54. The van der Waals surface area contributed by atoms with Gasteiger partial charge in [-0.25, -0.2) is 9.78 Å². The predicted molar refractivity (Wildman–Crippen MR) is 161 cm³/mol. The summed E-state index contributed by atoms with van der Waals surface area (Å²) in [7, 11) is -5.77. The lowest BCUT2D eigenvalue weighted by Crippen LogP contribution is -2.41. The van der Waals surface area contributed by atoms with Crippen LogP contribution in [0.2, 0.25) is 0 Å². The molecule has 240 valence electrons. The normalized spacial score (nSPS) is 25.8. The van der Waals surface area contributed by atoms with Crippen LogP contribution in [0.4, 0.5) is 18.0 Å². The van der Waals surface area contributed by atoms with Gasteiger partial charge in [-0.05, 0) is 105 Å². The summed E-state index contributed by atoms with van der Waals surface area (Å²) >= 11 is 0. The lowest BCUT2D eigenvalue weighted by molar-refractivity contribution is -0.0500. The number of fused-ring (bicyclic) bond motifs is 6. The van der Waals surface area contributed by atoms with E-state index in [9.17, 15) is 26.4 Å². The van der Waals surface area contributed by atoms with Crippen LogP contribution in [-0.2, 0) is 14.9 Å². The van der Waals surface area contributed by atoms with Gasteiger partial charge in [0.25, 0.3) is 0 Å². The topological polar surface area (TPSA) is 102 Å². The van der Waals surface area contributed by atoms with Gasteiger partial charge < -0.3 is 13.9 Å². The number of alkyl halides is 3. The molecular formula is C33H36F3N3O5S. The van der Waals surface area contributed by atoms with E-state index in [1.165, 1.54) is 6.07 Å². The first-order valence-corrected chi connectivity index (χ1v) is 17.0. The van der Waals surface area contributed by atoms with Crippen molar-refractivity contribution in [3.05, 3.63) is 59.5 Å². The molecular weight excluding hydrogens is 607 g/mol. The van der Waals surface area contributed by atoms with Crippen molar-refractivity contribution in [2.45, 2.75) is 101 Å². The molecule has 3 fully saturated rings. The number of amides is 1. The lowest BCUT2D eigenvalue weighted by Gasteiger charge is -2.31. The number of benzene rings is 2. The van der Waals surface area contributed by atoms with Crippen molar-refractivity contribution in [3.8, 4) is 28.1 Å². The molecule has 8 nitrogen and oxygen atoms in total. The summed E-state index contributed by atoms with van der Waals surface area (Å²) in [6, 6.07) is 10.8. The minimum absolute atomic E-state index is 0.0264.